The molecule has 136 valence electrons. The number of aryl methyl sites for hydroxylation is 1. The molecule has 0 aliphatic carbocycles. The molecule has 0 amide bonds. The first-order valence-electron chi connectivity index (χ1n) is 8.03. The van der Waals surface area contributed by atoms with E-state index in [-0.39, 0.29) is 42.5 Å². The number of carbonyl (C=O) groups excluding carboxylic acids is 1. The van der Waals surface area contributed by atoms with Gasteiger partial charge in [0.2, 0.25) is 0 Å². The van der Waals surface area contributed by atoms with Gasteiger partial charge in [-0.1, -0.05) is 31.2 Å². The quantitative estimate of drug-likeness (QED) is 0.314. The summed E-state index contributed by atoms with van der Waals surface area (Å²) in [4.78, 5) is 15.9. The molecule has 0 saturated carbocycles. The summed E-state index contributed by atoms with van der Waals surface area (Å²) in [5.74, 6) is 0.267. The topological polar surface area (TPSA) is 62.7 Å². The Hall–Kier alpha value is -1.31. The maximum Gasteiger partial charge on any atom is 0.325 e. The lowest BCUT2D eigenvalue weighted by Crippen LogP contribution is -2.42. The number of rotatable bonds is 5. The molecule has 24 heavy (non-hydrogen) atoms. The molecular formula is C18H30IN3O2. The van der Waals surface area contributed by atoms with Gasteiger partial charge in [-0.2, -0.15) is 0 Å². The third-order valence-electron chi connectivity index (χ3n) is 3.28. The molecule has 6 heteroatoms. The van der Waals surface area contributed by atoms with E-state index in [2.05, 4.69) is 53.7 Å². The predicted octanol–water partition coefficient (Wildman–Crippen LogP) is 3.43. The second-order valence-corrected chi connectivity index (χ2v) is 6.47. The van der Waals surface area contributed by atoms with Gasteiger partial charge in [0.05, 0.1) is 6.04 Å². The number of benzene rings is 1. The minimum absolute atomic E-state index is 0. The first kappa shape index (κ1) is 22.7. The maximum absolute atomic E-state index is 11.7. The zero-order chi connectivity index (χ0) is 17.5. The normalized spacial score (nSPS) is 12.8. The molecule has 0 fully saturated rings. The molecule has 0 aromatic heterocycles. The molecule has 1 aromatic carbocycles. The lowest BCUT2D eigenvalue weighted by molar-refractivity contribution is -0.153. The summed E-state index contributed by atoms with van der Waals surface area (Å²) in [6.45, 7) is 9.82. The average molecular weight is 447 g/mol. The van der Waals surface area contributed by atoms with Crippen LogP contribution in [0.1, 0.15) is 51.8 Å². The van der Waals surface area contributed by atoms with Gasteiger partial charge in [0.15, 0.2) is 5.96 Å². The van der Waals surface area contributed by atoms with Crippen molar-refractivity contribution in [2.45, 2.75) is 52.7 Å². The molecular weight excluding hydrogens is 417 g/mol. The summed E-state index contributed by atoms with van der Waals surface area (Å²) in [5, 5.41) is 6.25. The zero-order valence-electron chi connectivity index (χ0n) is 15.5. The van der Waals surface area contributed by atoms with Crippen molar-refractivity contribution in [3.05, 3.63) is 35.4 Å². The van der Waals surface area contributed by atoms with Crippen molar-refractivity contribution in [2.75, 3.05) is 13.6 Å². The maximum atomic E-state index is 11.7. The largest absolute Gasteiger partial charge is 0.459 e. The van der Waals surface area contributed by atoms with Crippen molar-refractivity contribution in [1.29, 1.82) is 0 Å². The van der Waals surface area contributed by atoms with E-state index in [1.54, 1.807) is 7.05 Å². The minimum atomic E-state index is -0.482. The van der Waals surface area contributed by atoms with Gasteiger partial charge in [0.1, 0.15) is 12.1 Å². The molecule has 1 atom stereocenters. The van der Waals surface area contributed by atoms with Crippen LogP contribution in [0.15, 0.2) is 29.3 Å². The van der Waals surface area contributed by atoms with E-state index in [9.17, 15) is 4.79 Å². The van der Waals surface area contributed by atoms with Crippen LogP contribution < -0.4 is 10.6 Å². The molecule has 1 aromatic rings. The van der Waals surface area contributed by atoms with E-state index >= 15 is 0 Å². The van der Waals surface area contributed by atoms with Gasteiger partial charge in [-0.15, -0.1) is 24.0 Å². The molecule has 0 heterocycles. The van der Waals surface area contributed by atoms with Crippen LogP contribution in [0.5, 0.6) is 0 Å². The van der Waals surface area contributed by atoms with Crippen LogP contribution in [-0.4, -0.2) is 31.1 Å². The number of guanidine groups is 1. The lowest BCUT2D eigenvalue weighted by atomic mass is 10.1. The second-order valence-electron chi connectivity index (χ2n) is 6.47. The number of hydrogen-bond acceptors (Lipinski definition) is 3. The molecule has 5 nitrogen and oxygen atoms in total. The number of nitrogens with zero attached hydrogens (tertiary/aromatic N) is 1. The van der Waals surface area contributed by atoms with E-state index in [1.807, 2.05) is 20.8 Å². The smallest absolute Gasteiger partial charge is 0.325 e. The van der Waals surface area contributed by atoms with Gasteiger partial charge >= 0.3 is 5.97 Å². The van der Waals surface area contributed by atoms with E-state index in [0.717, 1.165) is 6.42 Å². The molecule has 0 aliphatic heterocycles. The lowest BCUT2D eigenvalue weighted by Gasteiger charge is -2.21. The molecule has 1 rings (SSSR count). The van der Waals surface area contributed by atoms with Crippen LogP contribution >= 0.6 is 24.0 Å². The highest BCUT2D eigenvalue weighted by Crippen LogP contribution is 2.13. The van der Waals surface area contributed by atoms with E-state index < -0.39 is 5.60 Å². The van der Waals surface area contributed by atoms with Crippen molar-refractivity contribution in [2.24, 2.45) is 4.99 Å². The Bertz CT molecular complexity index is 536. The van der Waals surface area contributed by atoms with Crippen molar-refractivity contribution in [3.63, 3.8) is 0 Å². The summed E-state index contributed by atoms with van der Waals surface area (Å²) in [6.07, 6.45) is 1.03. The summed E-state index contributed by atoms with van der Waals surface area (Å²) in [5.41, 5.74) is 2.00. The van der Waals surface area contributed by atoms with Gasteiger partial charge in [-0.3, -0.25) is 9.79 Å². The fourth-order valence-electron chi connectivity index (χ4n) is 2.06. The summed E-state index contributed by atoms with van der Waals surface area (Å²) in [7, 11) is 1.68. The van der Waals surface area contributed by atoms with Gasteiger partial charge < -0.3 is 15.4 Å². The summed E-state index contributed by atoms with van der Waals surface area (Å²) >= 11 is 0. The number of carbonyl (C=O) groups is 1. The highest BCUT2D eigenvalue weighted by molar-refractivity contribution is 14.0. The first-order chi connectivity index (χ1) is 10.7. The molecule has 1 unspecified atom stereocenters. The van der Waals surface area contributed by atoms with Crippen molar-refractivity contribution in [3.8, 4) is 0 Å². The third-order valence-corrected chi connectivity index (χ3v) is 3.28. The molecule has 0 radical (unpaired) electrons. The fraction of sp³-hybridized carbons (Fsp3) is 0.556. The first-order valence-corrected chi connectivity index (χ1v) is 8.03. The molecule has 0 spiro atoms. The number of halogens is 1. The highest BCUT2D eigenvalue weighted by atomic mass is 127. The Labute approximate surface area is 162 Å². The molecule has 2 N–H and O–H groups in total. The molecule has 0 aliphatic rings. The third kappa shape index (κ3) is 8.52. The Morgan fingerprint density at radius 3 is 2.29 bits per heavy atom. The number of nitrogens with one attached hydrogen (secondary N) is 2. The number of ether oxygens (including phenoxy) is 1. The van der Waals surface area contributed by atoms with Gasteiger partial charge in [0.25, 0.3) is 0 Å². The SMILES string of the molecule is CCc1ccc(C(C)NC(=NC)NCC(=O)OC(C)(C)C)cc1.I. The standard InChI is InChI=1S/C18H29N3O2.HI/c1-7-14-8-10-15(11-9-14)13(2)21-17(19-6)20-12-16(22)23-18(3,4)5;/h8-11,13H,7,12H2,1-6H3,(H2,19,20,21);1H. The van der Waals surface area contributed by atoms with Crippen molar-refractivity contribution >= 4 is 35.9 Å². The Morgan fingerprint density at radius 1 is 1.25 bits per heavy atom. The molecule has 0 saturated heterocycles. The van der Waals surface area contributed by atoms with Gasteiger partial charge in [0, 0.05) is 7.05 Å². The van der Waals surface area contributed by atoms with E-state index in [4.69, 9.17) is 4.74 Å². The van der Waals surface area contributed by atoms with Crippen LogP contribution in [0.3, 0.4) is 0 Å². The van der Waals surface area contributed by atoms with Gasteiger partial charge in [-0.25, -0.2) is 0 Å². The predicted molar refractivity (Wildman–Crippen MR) is 110 cm³/mol. The van der Waals surface area contributed by atoms with Gasteiger partial charge in [-0.05, 0) is 45.2 Å². The van der Waals surface area contributed by atoms with Crippen LogP contribution in [0, 0.1) is 0 Å². The Morgan fingerprint density at radius 2 is 1.83 bits per heavy atom. The molecule has 0 bridgehead atoms. The number of hydrogen-bond donors (Lipinski definition) is 2. The zero-order valence-corrected chi connectivity index (χ0v) is 17.8. The summed E-state index contributed by atoms with van der Waals surface area (Å²) < 4.78 is 5.26. The van der Waals surface area contributed by atoms with Crippen LogP contribution in [0.25, 0.3) is 0 Å². The van der Waals surface area contributed by atoms with E-state index in [1.165, 1.54) is 11.1 Å². The Balaban J connectivity index is 0.00000529. The monoisotopic (exact) mass is 447 g/mol. The van der Waals surface area contributed by atoms with Crippen molar-refractivity contribution < 1.29 is 9.53 Å². The number of esters is 1. The Kier molecular flexibility index (Phi) is 9.96. The summed E-state index contributed by atoms with van der Waals surface area (Å²) in [6, 6.07) is 8.56. The number of aliphatic imine (C=N–C) groups is 1. The van der Waals surface area contributed by atoms with Crippen LogP contribution in [-0.2, 0) is 16.0 Å². The van der Waals surface area contributed by atoms with Crippen LogP contribution in [0.4, 0.5) is 0 Å². The second kappa shape index (κ2) is 10.5. The fourth-order valence-corrected chi connectivity index (χ4v) is 2.06. The highest BCUT2D eigenvalue weighted by Gasteiger charge is 2.16. The minimum Gasteiger partial charge on any atom is -0.459 e. The van der Waals surface area contributed by atoms with E-state index in [0.29, 0.717) is 5.96 Å². The van der Waals surface area contributed by atoms with Crippen molar-refractivity contribution in [1.82, 2.24) is 10.6 Å². The van der Waals surface area contributed by atoms with Crippen LogP contribution in [0.2, 0.25) is 0 Å². The average Bonchev–Trinajstić information content (AvgIpc) is 2.49.